The fourth-order valence-corrected chi connectivity index (χ4v) is 1.92. The van der Waals surface area contributed by atoms with Crippen LogP contribution in [0.5, 0.6) is 0 Å². The highest BCUT2D eigenvalue weighted by Crippen LogP contribution is 2.17. The molecule has 2 rings (SSSR count). The summed E-state index contributed by atoms with van der Waals surface area (Å²) in [6, 6.07) is 8.85. The molecule has 5 heteroatoms. The van der Waals surface area contributed by atoms with Crippen molar-refractivity contribution >= 4 is 17.5 Å². The van der Waals surface area contributed by atoms with Crippen molar-refractivity contribution in [2.75, 3.05) is 0 Å². The predicted molar refractivity (Wildman–Crippen MR) is 74.9 cm³/mol. The summed E-state index contributed by atoms with van der Waals surface area (Å²) in [5, 5.41) is 7.72. The Bertz CT molecular complexity index is 536. The number of hydrogen-bond donors (Lipinski definition) is 1. The van der Waals surface area contributed by atoms with E-state index < -0.39 is 0 Å². The quantitative estimate of drug-likeness (QED) is 0.934. The molecule has 2 unspecified atom stereocenters. The second kappa shape index (κ2) is 5.89. The zero-order valence-electron chi connectivity index (χ0n) is 10.9. The number of carbonyl (C=O) groups excluding carboxylic acids is 1. The minimum absolute atomic E-state index is 0.0637. The molecule has 1 N–H and O–H groups in total. The molecule has 2 atom stereocenters. The Labute approximate surface area is 117 Å². The molecule has 0 spiro atoms. The monoisotopic (exact) mass is 277 g/mol. The molecule has 0 fully saturated rings. The summed E-state index contributed by atoms with van der Waals surface area (Å²) in [6.07, 6.45) is 3.43. The minimum Gasteiger partial charge on any atom is -0.348 e. The number of carbonyl (C=O) groups is 1. The van der Waals surface area contributed by atoms with Crippen LogP contribution in [-0.2, 0) is 4.79 Å². The van der Waals surface area contributed by atoms with Gasteiger partial charge in [0.15, 0.2) is 0 Å². The van der Waals surface area contributed by atoms with Crippen LogP contribution in [0, 0.1) is 0 Å². The molecule has 0 radical (unpaired) electrons. The lowest BCUT2D eigenvalue weighted by Crippen LogP contribution is -2.33. The van der Waals surface area contributed by atoms with Gasteiger partial charge in [0.2, 0.25) is 5.91 Å². The molecule has 0 aliphatic heterocycles. The molecule has 100 valence electrons. The van der Waals surface area contributed by atoms with E-state index in [-0.39, 0.29) is 18.0 Å². The van der Waals surface area contributed by atoms with E-state index in [1.807, 2.05) is 38.1 Å². The number of aromatic nitrogens is 2. The fourth-order valence-electron chi connectivity index (χ4n) is 1.80. The third kappa shape index (κ3) is 3.35. The molecule has 0 bridgehead atoms. The normalized spacial score (nSPS) is 13.8. The third-order valence-corrected chi connectivity index (χ3v) is 3.28. The Kier molecular flexibility index (Phi) is 4.22. The first kappa shape index (κ1) is 13.6. The number of halogens is 1. The lowest BCUT2D eigenvalue weighted by molar-refractivity contribution is -0.124. The van der Waals surface area contributed by atoms with Crippen molar-refractivity contribution in [3.8, 4) is 0 Å². The van der Waals surface area contributed by atoms with E-state index in [4.69, 9.17) is 11.6 Å². The van der Waals surface area contributed by atoms with Gasteiger partial charge in [-0.25, -0.2) is 0 Å². The van der Waals surface area contributed by atoms with Gasteiger partial charge in [-0.15, -0.1) is 0 Å². The van der Waals surface area contributed by atoms with E-state index in [1.165, 1.54) is 0 Å². The summed E-state index contributed by atoms with van der Waals surface area (Å²) in [6.45, 7) is 3.76. The van der Waals surface area contributed by atoms with Crippen LogP contribution in [0.25, 0.3) is 0 Å². The molecule has 19 heavy (non-hydrogen) atoms. The molecular weight excluding hydrogens is 262 g/mol. The summed E-state index contributed by atoms with van der Waals surface area (Å²) in [5.41, 5.74) is 1.02. The first-order valence-electron chi connectivity index (χ1n) is 6.13. The van der Waals surface area contributed by atoms with Crippen LogP contribution in [0.1, 0.15) is 31.5 Å². The van der Waals surface area contributed by atoms with E-state index >= 15 is 0 Å². The fraction of sp³-hybridized carbons (Fsp3) is 0.286. The molecule has 2 aromatic rings. The van der Waals surface area contributed by atoms with Gasteiger partial charge < -0.3 is 5.32 Å². The number of hydrogen-bond acceptors (Lipinski definition) is 2. The zero-order chi connectivity index (χ0) is 13.8. The number of nitrogens with one attached hydrogen (secondary N) is 1. The van der Waals surface area contributed by atoms with Gasteiger partial charge in [-0.3, -0.25) is 9.48 Å². The van der Waals surface area contributed by atoms with E-state index in [9.17, 15) is 4.79 Å². The van der Waals surface area contributed by atoms with E-state index in [1.54, 1.807) is 23.1 Å². The van der Waals surface area contributed by atoms with Crippen molar-refractivity contribution in [2.45, 2.75) is 25.9 Å². The predicted octanol–water partition coefficient (Wildman–Crippen LogP) is 2.97. The van der Waals surface area contributed by atoms with Crippen LogP contribution in [-0.4, -0.2) is 15.7 Å². The SMILES string of the molecule is CC(NC(=O)C(C)n1cccn1)c1ccc(Cl)cc1. The lowest BCUT2D eigenvalue weighted by Gasteiger charge is -2.18. The highest BCUT2D eigenvalue weighted by atomic mass is 35.5. The van der Waals surface area contributed by atoms with Crippen LogP contribution < -0.4 is 5.32 Å². The smallest absolute Gasteiger partial charge is 0.245 e. The highest BCUT2D eigenvalue weighted by Gasteiger charge is 2.17. The average molecular weight is 278 g/mol. The highest BCUT2D eigenvalue weighted by molar-refractivity contribution is 6.30. The third-order valence-electron chi connectivity index (χ3n) is 3.03. The van der Waals surface area contributed by atoms with Gasteiger partial charge in [0, 0.05) is 17.4 Å². The molecule has 1 amide bonds. The van der Waals surface area contributed by atoms with Crippen LogP contribution in [0.4, 0.5) is 0 Å². The molecule has 0 saturated heterocycles. The molecular formula is C14H16ClN3O. The Balaban J connectivity index is 2.00. The maximum Gasteiger partial charge on any atom is 0.245 e. The topological polar surface area (TPSA) is 46.9 Å². The Hall–Kier alpha value is -1.81. The number of nitrogens with zero attached hydrogens (tertiary/aromatic N) is 2. The lowest BCUT2D eigenvalue weighted by atomic mass is 10.1. The average Bonchev–Trinajstić information content (AvgIpc) is 2.92. The van der Waals surface area contributed by atoms with E-state index in [2.05, 4.69) is 10.4 Å². The van der Waals surface area contributed by atoms with Crippen molar-refractivity contribution in [1.82, 2.24) is 15.1 Å². The van der Waals surface area contributed by atoms with Gasteiger partial charge in [0.05, 0.1) is 6.04 Å². The van der Waals surface area contributed by atoms with Crippen molar-refractivity contribution in [2.24, 2.45) is 0 Å². The number of benzene rings is 1. The first-order chi connectivity index (χ1) is 9.08. The second-order valence-corrected chi connectivity index (χ2v) is 4.88. The Morgan fingerprint density at radius 3 is 2.58 bits per heavy atom. The van der Waals surface area contributed by atoms with E-state index in [0.717, 1.165) is 5.56 Å². The molecule has 0 aliphatic carbocycles. The maximum atomic E-state index is 12.1. The number of amides is 1. The summed E-state index contributed by atoms with van der Waals surface area (Å²) < 4.78 is 1.63. The summed E-state index contributed by atoms with van der Waals surface area (Å²) in [4.78, 5) is 12.1. The van der Waals surface area contributed by atoms with Gasteiger partial charge in [-0.05, 0) is 37.6 Å². The molecule has 0 saturated carbocycles. The maximum absolute atomic E-state index is 12.1. The van der Waals surface area contributed by atoms with Crippen LogP contribution in [0.2, 0.25) is 5.02 Å². The molecule has 1 heterocycles. The van der Waals surface area contributed by atoms with Crippen LogP contribution >= 0.6 is 11.6 Å². The second-order valence-electron chi connectivity index (χ2n) is 4.44. The standard InChI is InChI=1S/C14H16ClN3O/c1-10(12-4-6-13(15)7-5-12)17-14(19)11(2)18-9-3-8-16-18/h3-11H,1-2H3,(H,17,19). The number of rotatable bonds is 4. The van der Waals surface area contributed by atoms with Crippen molar-refractivity contribution in [3.63, 3.8) is 0 Å². The summed E-state index contributed by atoms with van der Waals surface area (Å²) in [5.74, 6) is -0.0637. The molecule has 1 aromatic heterocycles. The Morgan fingerprint density at radius 1 is 1.32 bits per heavy atom. The first-order valence-corrected chi connectivity index (χ1v) is 6.50. The van der Waals surface area contributed by atoms with Crippen LogP contribution in [0.15, 0.2) is 42.7 Å². The van der Waals surface area contributed by atoms with Crippen molar-refractivity contribution in [1.29, 1.82) is 0 Å². The van der Waals surface area contributed by atoms with E-state index in [0.29, 0.717) is 5.02 Å². The summed E-state index contributed by atoms with van der Waals surface area (Å²) >= 11 is 5.84. The molecule has 0 aliphatic rings. The van der Waals surface area contributed by atoms with Gasteiger partial charge >= 0.3 is 0 Å². The van der Waals surface area contributed by atoms with Gasteiger partial charge in [-0.1, -0.05) is 23.7 Å². The molecule has 1 aromatic carbocycles. The van der Waals surface area contributed by atoms with Gasteiger partial charge in [0.1, 0.15) is 6.04 Å². The van der Waals surface area contributed by atoms with Gasteiger partial charge in [-0.2, -0.15) is 5.10 Å². The largest absolute Gasteiger partial charge is 0.348 e. The van der Waals surface area contributed by atoms with Crippen molar-refractivity contribution in [3.05, 3.63) is 53.3 Å². The zero-order valence-corrected chi connectivity index (χ0v) is 11.6. The Morgan fingerprint density at radius 2 is 2.00 bits per heavy atom. The van der Waals surface area contributed by atoms with Crippen LogP contribution in [0.3, 0.4) is 0 Å². The van der Waals surface area contributed by atoms with Crippen molar-refractivity contribution < 1.29 is 4.79 Å². The minimum atomic E-state index is -0.329. The van der Waals surface area contributed by atoms with Gasteiger partial charge in [0.25, 0.3) is 0 Å². The summed E-state index contributed by atoms with van der Waals surface area (Å²) in [7, 11) is 0. The molecule has 4 nitrogen and oxygen atoms in total.